The number of hydrogen-bond acceptors (Lipinski definition) is 4. The molecule has 0 saturated heterocycles. The Bertz CT molecular complexity index is 2130. The molecule has 0 aliphatic carbocycles. The van der Waals surface area contributed by atoms with Gasteiger partial charge in [-0.1, -0.05) is 54.6 Å². The van der Waals surface area contributed by atoms with Gasteiger partial charge in [-0.3, -0.25) is 9.97 Å². The van der Waals surface area contributed by atoms with E-state index in [1.54, 1.807) is 11.3 Å². The van der Waals surface area contributed by atoms with Crippen LogP contribution in [0.1, 0.15) is 0 Å². The summed E-state index contributed by atoms with van der Waals surface area (Å²) in [4.78, 5) is 14.4. The summed E-state index contributed by atoms with van der Waals surface area (Å²) in [5.41, 5.74) is 9.54. The van der Waals surface area contributed by atoms with Gasteiger partial charge in [0.25, 0.3) is 0 Å². The van der Waals surface area contributed by atoms with E-state index >= 15 is 0 Å². The smallest absolute Gasteiger partial charge is 0.124 e. The molecule has 0 bridgehead atoms. The number of fused-ring (bicyclic) bond motifs is 4. The molecular formula is C35H22N4S. The van der Waals surface area contributed by atoms with E-state index in [9.17, 15) is 0 Å². The summed E-state index contributed by atoms with van der Waals surface area (Å²) in [5, 5.41) is 3.37. The minimum Gasteiger partial charge on any atom is -0.309 e. The molecule has 4 nitrogen and oxygen atoms in total. The van der Waals surface area contributed by atoms with Gasteiger partial charge in [-0.2, -0.15) is 0 Å². The van der Waals surface area contributed by atoms with Crippen LogP contribution in [-0.2, 0) is 0 Å². The lowest BCUT2D eigenvalue weighted by Gasteiger charge is -2.12. The zero-order valence-electron chi connectivity index (χ0n) is 21.4. The first-order chi connectivity index (χ1) is 19.8. The molecule has 4 heterocycles. The molecule has 0 aliphatic heterocycles. The summed E-state index contributed by atoms with van der Waals surface area (Å²) in [7, 11) is 0. The Hall–Kier alpha value is -5.13. The predicted molar refractivity (Wildman–Crippen MR) is 166 cm³/mol. The number of pyridine rings is 2. The van der Waals surface area contributed by atoms with E-state index in [0.717, 1.165) is 55.3 Å². The fraction of sp³-hybridized carbons (Fsp3) is 0. The van der Waals surface area contributed by atoms with E-state index in [0.29, 0.717) is 0 Å². The fourth-order valence-corrected chi connectivity index (χ4v) is 6.51. The quantitative estimate of drug-likeness (QED) is 0.228. The van der Waals surface area contributed by atoms with Crippen LogP contribution in [0.3, 0.4) is 0 Å². The molecule has 0 fully saturated rings. The van der Waals surface area contributed by atoms with Gasteiger partial charge in [0.1, 0.15) is 5.01 Å². The minimum absolute atomic E-state index is 0.945. The van der Waals surface area contributed by atoms with Crippen molar-refractivity contribution >= 4 is 43.4 Å². The molecule has 8 aromatic rings. The van der Waals surface area contributed by atoms with Gasteiger partial charge in [0.15, 0.2) is 0 Å². The molecule has 0 amide bonds. The lowest BCUT2D eigenvalue weighted by atomic mass is 10.00. The summed E-state index contributed by atoms with van der Waals surface area (Å²) < 4.78 is 3.54. The van der Waals surface area contributed by atoms with Gasteiger partial charge in [-0.15, -0.1) is 11.3 Å². The van der Waals surface area contributed by atoms with Crippen LogP contribution in [0.5, 0.6) is 0 Å². The monoisotopic (exact) mass is 530 g/mol. The second kappa shape index (κ2) is 9.26. The van der Waals surface area contributed by atoms with Crippen molar-refractivity contribution in [3.8, 4) is 38.8 Å². The number of hydrogen-bond donors (Lipinski definition) is 0. The van der Waals surface area contributed by atoms with Gasteiger partial charge in [0.05, 0.1) is 32.6 Å². The third-order valence-corrected chi connectivity index (χ3v) is 8.40. The van der Waals surface area contributed by atoms with Crippen LogP contribution in [0.25, 0.3) is 70.8 Å². The van der Waals surface area contributed by atoms with Gasteiger partial charge in [0.2, 0.25) is 0 Å². The molecule has 0 saturated carbocycles. The maximum absolute atomic E-state index is 5.02. The highest BCUT2D eigenvalue weighted by Gasteiger charge is 2.20. The van der Waals surface area contributed by atoms with E-state index in [-0.39, 0.29) is 0 Å². The van der Waals surface area contributed by atoms with Crippen molar-refractivity contribution in [2.75, 3.05) is 0 Å². The number of rotatable bonds is 4. The van der Waals surface area contributed by atoms with E-state index < -0.39 is 0 Å². The minimum atomic E-state index is 0.945. The van der Waals surface area contributed by atoms with Crippen LogP contribution in [0.4, 0.5) is 0 Å². The average Bonchev–Trinajstić information content (AvgIpc) is 3.61. The van der Waals surface area contributed by atoms with Crippen molar-refractivity contribution in [2.24, 2.45) is 0 Å². The van der Waals surface area contributed by atoms with E-state index in [2.05, 4.69) is 101 Å². The molecule has 0 atom stereocenters. The first kappa shape index (κ1) is 22.8. The lowest BCUT2D eigenvalue weighted by Crippen LogP contribution is -1.95. The first-order valence-corrected chi connectivity index (χ1v) is 14.0. The molecule has 0 unspecified atom stereocenters. The molecule has 4 aromatic heterocycles. The maximum atomic E-state index is 5.02. The zero-order chi connectivity index (χ0) is 26.5. The van der Waals surface area contributed by atoms with Crippen LogP contribution in [0.2, 0.25) is 0 Å². The summed E-state index contributed by atoms with van der Waals surface area (Å²) in [5.74, 6) is 0. The second-order valence-electron chi connectivity index (χ2n) is 9.74. The topological polar surface area (TPSA) is 43.6 Å². The van der Waals surface area contributed by atoms with E-state index in [4.69, 9.17) is 9.97 Å². The Labute approximate surface area is 234 Å². The Balaban J connectivity index is 1.47. The second-order valence-corrected chi connectivity index (χ2v) is 10.8. The third kappa shape index (κ3) is 3.71. The molecular weight excluding hydrogens is 508 g/mol. The Kier molecular flexibility index (Phi) is 5.28. The lowest BCUT2D eigenvalue weighted by molar-refractivity contribution is 1.18. The summed E-state index contributed by atoms with van der Waals surface area (Å²) in [6.45, 7) is 0. The molecule has 0 spiro atoms. The summed E-state index contributed by atoms with van der Waals surface area (Å²) >= 11 is 1.72. The van der Waals surface area contributed by atoms with E-state index in [1.807, 2.05) is 42.7 Å². The van der Waals surface area contributed by atoms with Crippen molar-refractivity contribution in [2.45, 2.75) is 0 Å². The highest BCUT2D eigenvalue weighted by molar-refractivity contribution is 7.21. The number of aromatic nitrogens is 4. The molecule has 0 radical (unpaired) electrons. The highest BCUT2D eigenvalue weighted by Crippen LogP contribution is 2.42. The van der Waals surface area contributed by atoms with Crippen LogP contribution in [0, 0.1) is 0 Å². The molecule has 0 aliphatic rings. The van der Waals surface area contributed by atoms with Gasteiger partial charge in [-0.25, -0.2) is 4.98 Å². The molecule has 188 valence electrons. The third-order valence-electron chi connectivity index (χ3n) is 7.32. The van der Waals surface area contributed by atoms with Crippen LogP contribution < -0.4 is 0 Å². The number of para-hydroxylation sites is 2. The van der Waals surface area contributed by atoms with Crippen molar-refractivity contribution < 1.29 is 0 Å². The van der Waals surface area contributed by atoms with Gasteiger partial charge >= 0.3 is 0 Å². The zero-order valence-corrected chi connectivity index (χ0v) is 22.2. The summed E-state index contributed by atoms with van der Waals surface area (Å²) in [6.07, 6.45) is 3.70. The average molecular weight is 531 g/mol. The van der Waals surface area contributed by atoms with Crippen LogP contribution in [0.15, 0.2) is 134 Å². The van der Waals surface area contributed by atoms with Crippen molar-refractivity contribution in [3.05, 3.63) is 134 Å². The predicted octanol–water partition coefficient (Wildman–Crippen LogP) is 9.18. The van der Waals surface area contributed by atoms with Gasteiger partial charge in [-0.05, 0) is 66.7 Å². The van der Waals surface area contributed by atoms with Gasteiger partial charge in [0, 0.05) is 45.5 Å². The van der Waals surface area contributed by atoms with Crippen molar-refractivity contribution in [1.82, 2.24) is 19.5 Å². The highest BCUT2D eigenvalue weighted by atomic mass is 32.1. The molecule has 8 rings (SSSR count). The van der Waals surface area contributed by atoms with Crippen LogP contribution >= 0.6 is 11.3 Å². The first-order valence-electron chi connectivity index (χ1n) is 13.2. The molecule has 0 N–H and O–H groups in total. The molecule has 5 heteroatoms. The van der Waals surface area contributed by atoms with Crippen LogP contribution in [-0.4, -0.2) is 19.5 Å². The molecule has 40 heavy (non-hydrogen) atoms. The van der Waals surface area contributed by atoms with Crippen molar-refractivity contribution in [1.29, 1.82) is 0 Å². The maximum Gasteiger partial charge on any atom is 0.124 e. The normalized spacial score (nSPS) is 11.5. The Morgan fingerprint density at radius 1 is 0.575 bits per heavy atom. The number of benzene rings is 4. The Morgan fingerprint density at radius 3 is 2.17 bits per heavy atom. The SMILES string of the molecule is c1ccc(-c2cccc(-n3c4ccccc4c4c(-c5ccccn5)cc(-c5nc6ccccc6s5)cc43)c2)nc1. The summed E-state index contributed by atoms with van der Waals surface area (Å²) in [6, 6.07) is 42.2. The number of thiazole rings is 1. The van der Waals surface area contributed by atoms with Crippen molar-refractivity contribution in [3.63, 3.8) is 0 Å². The molecule has 4 aromatic carbocycles. The largest absolute Gasteiger partial charge is 0.309 e. The van der Waals surface area contributed by atoms with Gasteiger partial charge < -0.3 is 4.57 Å². The van der Waals surface area contributed by atoms with E-state index in [1.165, 1.54) is 15.5 Å². The Morgan fingerprint density at radius 2 is 1.35 bits per heavy atom. The fourth-order valence-electron chi connectivity index (χ4n) is 5.56. The standard InChI is InChI=1S/C35H22N4S/c1-3-16-31-26(12-1)34-27(29-14-6-8-19-37-29)21-24(35-38-30-15-2-4-17-33(30)40-35)22-32(34)39(31)25-11-9-10-23(20-25)28-13-5-7-18-36-28/h1-22H. The number of nitrogens with zero attached hydrogens (tertiary/aromatic N) is 4.